The molecule has 0 bridgehead atoms. The van der Waals surface area contributed by atoms with Gasteiger partial charge < -0.3 is 10.1 Å². The van der Waals surface area contributed by atoms with E-state index in [0.29, 0.717) is 5.56 Å². The van der Waals surface area contributed by atoms with Gasteiger partial charge in [0, 0.05) is 5.69 Å². The molecule has 0 radical (unpaired) electrons. The average molecular weight is 273 g/mol. The quantitative estimate of drug-likeness (QED) is 0.928. The zero-order valence-corrected chi connectivity index (χ0v) is 11.4. The van der Waals surface area contributed by atoms with E-state index in [2.05, 4.69) is 5.32 Å². The highest BCUT2D eigenvalue weighted by atomic mass is 19.1. The van der Waals surface area contributed by atoms with E-state index in [9.17, 15) is 9.18 Å². The number of halogens is 1. The lowest BCUT2D eigenvalue weighted by Crippen LogP contribution is -2.14. The molecule has 0 unspecified atom stereocenters. The molecular weight excluding hydrogens is 257 g/mol. The lowest BCUT2D eigenvalue weighted by atomic mass is 10.1. The number of anilines is 1. The molecule has 0 aromatic heterocycles. The molecule has 104 valence electrons. The summed E-state index contributed by atoms with van der Waals surface area (Å²) in [5.74, 6) is -0.473. The first-order chi connectivity index (χ1) is 9.58. The van der Waals surface area contributed by atoms with Gasteiger partial charge in [0.25, 0.3) is 0 Å². The minimum atomic E-state index is -0.465. The largest absolute Gasteiger partial charge is 0.494 e. The summed E-state index contributed by atoms with van der Waals surface area (Å²) in [4.78, 5) is 11.9. The van der Waals surface area contributed by atoms with Gasteiger partial charge in [-0.1, -0.05) is 23.8 Å². The topological polar surface area (TPSA) is 38.3 Å². The third-order valence-electron chi connectivity index (χ3n) is 2.92. The Morgan fingerprint density at radius 2 is 1.90 bits per heavy atom. The molecule has 3 nitrogen and oxygen atoms in total. The maximum Gasteiger partial charge on any atom is 0.228 e. The molecule has 1 amide bonds. The standard InChI is InChI=1S/C16H16FNO2/c1-11-3-6-13(7-4-11)18-16(19)10-12-5-8-15(20-2)14(17)9-12/h3-9H,10H2,1-2H3,(H,18,19). The van der Waals surface area contributed by atoms with Crippen molar-refractivity contribution in [1.82, 2.24) is 0 Å². The van der Waals surface area contributed by atoms with E-state index >= 15 is 0 Å². The van der Waals surface area contributed by atoms with Crippen LogP contribution in [-0.4, -0.2) is 13.0 Å². The third-order valence-corrected chi connectivity index (χ3v) is 2.92. The highest BCUT2D eigenvalue weighted by Gasteiger charge is 2.08. The van der Waals surface area contributed by atoms with Gasteiger partial charge in [0.05, 0.1) is 13.5 Å². The van der Waals surface area contributed by atoms with Crippen LogP contribution in [0.1, 0.15) is 11.1 Å². The number of hydrogen-bond acceptors (Lipinski definition) is 2. The fourth-order valence-electron chi connectivity index (χ4n) is 1.85. The Labute approximate surface area is 117 Å². The molecule has 1 N–H and O–H groups in total. The van der Waals surface area contributed by atoms with E-state index in [1.165, 1.54) is 19.2 Å². The smallest absolute Gasteiger partial charge is 0.228 e. The predicted molar refractivity (Wildman–Crippen MR) is 76.5 cm³/mol. The van der Waals surface area contributed by atoms with E-state index in [4.69, 9.17) is 4.74 Å². The normalized spacial score (nSPS) is 10.2. The van der Waals surface area contributed by atoms with Gasteiger partial charge in [0.1, 0.15) is 0 Å². The summed E-state index contributed by atoms with van der Waals surface area (Å²) < 4.78 is 18.4. The zero-order valence-electron chi connectivity index (χ0n) is 11.4. The molecule has 0 aliphatic carbocycles. The van der Waals surface area contributed by atoms with Crippen molar-refractivity contribution in [2.24, 2.45) is 0 Å². The van der Waals surface area contributed by atoms with E-state index in [0.717, 1.165) is 11.3 Å². The molecule has 0 spiro atoms. The van der Waals surface area contributed by atoms with Crippen molar-refractivity contribution in [2.45, 2.75) is 13.3 Å². The summed E-state index contributed by atoms with van der Waals surface area (Å²) in [5, 5.41) is 2.77. The summed E-state index contributed by atoms with van der Waals surface area (Å²) >= 11 is 0. The number of ether oxygens (including phenoxy) is 1. The Kier molecular flexibility index (Phi) is 4.35. The Balaban J connectivity index is 2.01. The summed E-state index contributed by atoms with van der Waals surface area (Å²) in [6, 6.07) is 12.0. The van der Waals surface area contributed by atoms with Crippen molar-refractivity contribution in [1.29, 1.82) is 0 Å². The summed E-state index contributed by atoms with van der Waals surface area (Å²) in [7, 11) is 1.40. The van der Waals surface area contributed by atoms with Crippen LogP contribution in [0.3, 0.4) is 0 Å². The summed E-state index contributed by atoms with van der Waals surface area (Å²) in [6.07, 6.45) is 0.120. The van der Waals surface area contributed by atoms with Crippen molar-refractivity contribution >= 4 is 11.6 Å². The first-order valence-corrected chi connectivity index (χ1v) is 6.27. The Bertz CT molecular complexity index is 608. The number of methoxy groups -OCH3 is 1. The van der Waals surface area contributed by atoms with Crippen LogP contribution < -0.4 is 10.1 Å². The van der Waals surface area contributed by atoms with Crippen LogP contribution in [0.4, 0.5) is 10.1 Å². The van der Waals surface area contributed by atoms with Crippen molar-refractivity contribution in [3.63, 3.8) is 0 Å². The zero-order chi connectivity index (χ0) is 14.5. The van der Waals surface area contributed by atoms with Crippen LogP contribution in [0, 0.1) is 12.7 Å². The Hall–Kier alpha value is -2.36. The number of amides is 1. The maximum atomic E-state index is 13.5. The van der Waals surface area contributed by atoms with Gasteiger partial charge in [-0.3, -0.25) is 4.79 Å². The number of nitrogens with one attached hydrogen (secondary N) is 1. The molecule has 0 saturated heterocycles. The lowest BCUT2D eigenvalue weighted by Gasteiger charge is -2.07. The average Bonchev–Trinajstić information content (AvgIpc) is 2.41. The predicted octanol–water partition coefficient (Wildman–Crippen LogP) is 3.32. The molecule has 0 atom stereocenters. The Morgan fingerprint density at radius 3 is 2.50 bits per heavy atom. The number of hydrogen-bond donors (Lipinski definition) is 1. The van der Waals surface area contributed by atoms with Gasteiger partial charge in [-0.2, -0.15) is 0 Å². The summed E-state index contributed by atoms with van der Waals surface area (Å²) in [6.45, 7) is 1.98. The van der Waals surface area contributed by atoms with Crippen molar-refractivity contribution in [3.05, 3.63) is 59.4 Å². The van der Waals surface area contributed by atoms with Crippen LogP contribution in [0.5, 0.6) is 5.75 Å². The second kappa shape index (κ2) is 6.19. The molecule has 20 heavy (non-hydrogen) atoms. The third kappa shape index (κ3) is 3.57. The van der Waals surface area contributed by atoms with E-state index in [-0.39, 0.29) is 18.1 Å². The molecule has 2 aromatic rings. The van der Waals surface area contributed by atoms with Gasteiger partial charge in [-0.15, -0.1) is 0 Å². The SMILES string of the molecule is COc1ccc(CC(=O)Nc2ccc(C)cc2)cc1F. The van der Waals surface area contributed by atoms with Gasteiger partial charge >= 0.3 is 0 Å². The molecule has 0 aliphatic rings. The van der Waals surface area contributed by atoms with Gasteiger partial charge in [-0.05, 0) is 36.8 Å². The van der Waals surface area contributed by atoms with Gasteiger partial charge in [0.15, 0.2) is 11.6 Å². The second-order valence-corrected chi connectivity index (χ2v) is 4.56. The number of benzene rings is 2. The molecule has 0 heterocycles. The molecule has 2 rings (SSSR count). The minimum Gasteiger partial charge on any atom is -0.494 e. The number of aryl methyl sites for hydroxylation is 1. The minimum absolute atomic E-state index is 0.120. The lowest BCUT2D eigenvalue weighted by molar-refractivity contribution is -0.115. The fourth-order valence-corrected chi connectivity index (χ4v) is 1.85. The van der Waals surface area contributed by atoms with E-state index in [1.54, 1.807) is 6.07 Å². The molecular formula is C16H16FNO2. The Morgan fingerprint density at radius 1 is 1.20 bits per heavy atom. The molecule has 4 heteroatoms. The maximum absolute atomic E-state index is 13.5. The van der Waals surface area contributed by atoms with Crippen LogP contribution in [-0.2, 0) is 11.2 Å². The molecule has 0 aliphatic heterocycles. The number of carbonyl (C=O) groups is 1. The van der Waals surface area contributed by atoms with Crippen molar-refractivity contribution in [2.75, 3.05) is 12.4 Å². The fraction of sp³-hybridized carbons (Fsp3) is 0.188. The summed E-state index contributed by atoms with van der Waals surface area (Å²) in [5.41, 5.74) is 2.46. The molecule has 0 fully saturated rings. The first kappa shape index (κ1) is 14.1. The van der Waals surface area contributed by atoms with Crippen LogP contribution >= 0.6 is 0 Å². The van der Waals surface area contributed by atoms with E-state index in [1.807, 2.05) is 31.2 Å². The van der Waals surface area contributed by atoms with Crippen molar-refractivity contribution < 1.29 is 13.9 Å². The molecule has 2 aromatic carbocycles. The number of carbonyl (C=O) groups excluding carboxylic acids is 1. The van der Waals surface area contributed by atoms with Crippen LogP contribution in [0.15, 0.2) is 42.5 Å². The van der Waals surface area contributed by atoms with Crippen molar-refractivity contribution in [3.8, 4) is 5.75 Å². The van der Waals surface area contributed by atoms with Gasteiger partial charge in [-0.25, -0.2) is 4.39 Å². The highest BCUT2D eigenvalue weighted by molar-refractivity contribution is 5.92. The molecule has 0 saturated carbocycles. The first-order valence-electron chi connectivity index (χ1n) is 6.27. The van der Waals surface area contributed by atoms with Gasteiger partial charge in [0.2, 0.25) is 5.91 Å². The van der Waals surface area contributed by atoms with Crippen LogP contribution in [0.25, 0.3) is 0 Å². The van der Waals surface area contributed by atoms with E-state index < -0.39 is 5.82 Å². The monoisotopic (exact) mass is 273 g/mol. The second-order valence-electron chi connectivity index (χ2n) is 4.56. The van der Waals surface area contributed by atoms with Crippen LogP contribution in [0.2, 0.25) is 0 Å². The highest BCUT2D eigenvalue weighted by Crippen LogP contribution is 2.18. The number of rotatable bonds is 4.